The van der Waals surface area contributed by atoms with E-state index in [9.17, 15) is 4.79 Å². The number of H-pyrrole nitrogens is 1. The average molecular weight is 380 g/mol. The lowest BCUT2D eigenvalue weighted by molar-refractivity contribution is 0.102. The van der Waals surface area contributed by atoms with Crippen LogP contribution in [-0.2, 0) is 6.42 Å². The van der Waals surface area contributed by atoms with E-state index in [1.54, 1.807) is 10.8 Å². The number of aryl methyl sites for hydroxylation is 1. The Hall–Kier alpha value is -2.77. The van der Waals surface area contributed by atoms with Gasteiger partial charge in [0.15, 0.2) is 9.90 Å². The lowest BCUT2D eigenvalue weighted by Crippen LogP contribution is -2.16. The van der Waals surface area contributed by atoms with Crippen molar-refractivity contribution in [3.05, 3.63) is 70.8 Å². The first-order valence-electron chi connectivity index (χ1n) is 8.22. The molecule has 0 saturated heterocycles. The second-order valence-corrected chi connectivity index (χ2v) is 7.20. The van der Waals surface area contributed by atoms with Crippen LogP contribution in [-0.4, -0.2) is 20.4 Å². The van der Waals surface area contributed by atoms with Crippen molar-refractivity contribution in [2.45, 2.75) is 13.3 Å². The summed E-state index contributed by atoms with van der Waals surface area (Å²) in [5.41, 5.74) is 3.41. The van der Waals surface area contributed by atoms with E-state index in [1.807, 2.05) is 36.4 Å². The number of para-hydroxylation sites is 1. The molecule has 0 aliphatic heterocycles. The van der Waals surface area contributed by atoms with Gasteiger partial charge in [0, 0.05) is 11.9 Å². The zero-order chi connectivity index (χ0) is 18.1. The summed E-state index contributed by atoms with van der Waals surface area (Å²) in [4.78, 5) is 20.2. The number of hydrogen-bond acceptors (Lipinski definition) is 4. The number of rotatable bonds is 4. The van der Waals surface area contributed by atoms with Crippen LogP contribution in [0.2, 0.25) is 0 Å². The Morgan fingerprint density at radius 1 is 1.27 bits per heavy atom. The molecule has 2 aromatic heterocycles. The van der Waals surface area contributed by atoms with Crippen LogP contribution < -0.4 is 5.32 Å². The Morgan fingerprint density at radius 3 is 2.85 bits per heavy atom. The lowest BCUT2D eigenvalue weighted by Gasteiger charge is -2.07. The highest BCUT2D eigenvalue weighted by Gasteiger charge is 2.16. The average Bonchev–Trinajstić information content (AvgIpc) is 3.24. The highest BCUT2D eigenvalue weighted by atomic mass is 32.1. The summed E-state index contributed by atoms with van der Waals surface area (Å²) in [5, 5.41) is 3.46. The summed E-state index contributed by atoms with van der Waals surface area (Å²) >= 11 is 6.80. The maximum Gasteiger partial charge on any atom is 0.276 e. The van der Waals surface area contributed by atoms with Gasteiger partial charge in [0.05, 0.1) is 10.2 Å². The summed E-state index contributed by atoms with van der Waals surface area (Å²) in [6.07, 6.45) is 2.59. The first-order valence-corrected chi connectivity index (χ1v) is 9.45. The van der Waals surface area contributed by atoms with Crippen LogP contribution in [0.3, 0.4) is 0 Å². The molecule has 5 nitrogen and oxygen atoms in total. The zero-order valence-corrected chi connectivity index (χ0v) is 15.7. The fraction of sp³-hybridized carbons (Fsp3) is 0.105. The van der Waals surface area contributed by atoms with Gasteiger partial charge in [-0.1, -0.05) is 42.5 Å². The van der Waals surface area contributed by atoms with Crippen molar-refractivity contribution in [3.63, 3.8) is 0 Å². The minimum Gasteiger partial charge on any atom is -0.336 e. The summed E-state index contributed by atoms with van der Waals surface area (Å²) in [6, 6.07) is 15.7. The molecule has 2 N–H and O–H groups in total. The molecule has 0 aliphatic carbocycles. The maximum atomic E-state index is 12.8. The van der Waals surface area contributed by atoms with E-state index in [4.69, 9.17) is 12.2 Å². The maximum absolute atomic E-state index is 12.8. The molecule has 0 atom stereocenters. The molecule has 0 saturated carbocycles. The number of carbonyl (C=O) groups excluding carboxylic acids is 1. The van der Waals surface area contributed by atoms with Crippen LogP contribution in [0.4, 0.5) is 5.13 Å². The smallest absolute Gasteiger partial charge is 0.276 e. The molecule has 0 spiro atoms. The number of anilines is 1. The van der Waals surface area contributed by atoms with E-state index in [-0.39, 0.29) is 5.91 Å². The summed E-state index contributed by atoms with van der Waals surface area (Å²) in [6.45, 7) is 2.12. The van der Waals surface area contributed by atoms with Crippen LogP contribution >= 0.6 is 23.6 Å². The Balaban J connectivity index is 1.66. The zero-order valence-electron chi connectivity index (χ0n) is 14.0. The first kappa shape index (κ1) is 16.7. The van der Waals surface area contributed by atoms with E-state index in [0.717, 1.165) is 22.3 Å². The van der Waals surface area contributed by atoms with Crippen molar-refractivity contribution < 1.29 is 4.79 Å². The number of amides is 1. The predicted molar refractivity (Wildman–Crippen MR) is 108 cm³/mol. The van der Waals surface area contributed by atoms with Crippen molar-refractivity contribution in [3.8, 4) is 5.69 Å². The van der Waals surface area contributed by atoms with Crippen molar-refractivity contribution in [2.75, 3.05) is 5.32 Å². The van der Waals surface area contributed by atoms with Gasteiger partial charge in [0.1, 0.15) is 5.69 Å². The van der Waals surface area contributed by atoms with Gasteiger partial charge in [-0.15, -0.1) is 0 Å². The SMILES string of the molecule is CCc1ccc2nc(NC(=O)c3c[nH]c(=S)n3-c3ccccc3)sc2c1. The number of aromatic amines is 1. The molecule has 0 fully saturated rings. The second-order valence-electron chi connectivity index (χ2n) is 5.78. The van der Waals surface area contributed by atoms with E-state index in [0.29, 0.717) is 15.6 Å². The Kier molecular flexibility index (Phi) is 4.40. The van der Waals surface area contributed by atoms with Gasteiger partial charge in [-0.3, -0.25) is 14.7 Å². The number of hydrogen-bond donors (Lipinski definition) is 2. The molecule has 0 aliphatic rings. The number of thiazole rings is 1. The first-order chi connectivity index (χ1) is 12.7. The van der Waals surface area contributed by atoms with Gasteiger partial charge in [-0.25, -0.2) is 4.98 Å². The van der Waals surface area contributed by atoms with E-state index in [2.05, 4.69) is 34.3 Å². The minimum atomic E-state index is -0.254. The number of nitrogens with one attached hydrogen (secondary N) is 2. The predicted octanol–water partition coefficient (Wildman–Crippen LogP) is 4.96. The number of benzene rings is 2. The fourth-order valence-corrected chi connectivity index (χ4v) is 3.96. The van der Waals surface area contributed by atoms with Crippen molar-refractivity contribution >= 4 is 44.8 Å². The minimum absolute atomic E-state index is 0.254. The van der Waals surface area contributed by atoms with E-state index >= 15 is 0 Å². The van der Waals surface area contributed by atoms with Crippen LogP contribution in [0.5, 0.6) is 0 Å². The van der Waals surface area contributed by atoms with Gasteiger partial charge in [-0.2, -0.15) is 0 Å². The van der Waals surface area contributed by atoms with E-state index in [1.165, 1.54) is 16.9 Å². The molecule has 1 amide bonds. The van der Waals surface area contributed by atoms with Gasteiger partial charge < -0.3 is 4.98 Å². The fourth-order valence-electron chi connectivity index (χ4n) is 2.77. The topological polar surface area (TPSA) is 62.7 Å². The van der Waals surface area contributed by atoms with E-state index < -0.39 is 0 Å². The van der Waals surface area contributed by atoms with Crippen molar-refractivity contribution in [2.24, 2.45) is 0 Å². The molecule has 26 heavy (non-hydrogen) atoms. The third-order valence-electron chi connectivity index (χ3n) is 4.10. The summed E-state index contributed by atoms with van der Waals surface area (Å²) in [7, 11) is 0. The van der Waals surface area contributed by atoms with Crippen LogP contribution in [0.1, 0.15) is 23.0 Å². The number of fused-ring (bicyclic) bond motifs is 1. The van der Waals surface area contributed by atoms with Crippen molar-refractivity contribution in [1.82, 2.24) is 14.5 Å². The Labute approximate surface area is 159 Å². The Bertz CT molecular complexity index is 1140. The number of nitrogens with zero attached hydrogens (tertiary/aromatic N) is 2. The van der Waals surface area contributed by atoms with Crippen LogP contribution in [0.25, 0.3) is 15.9 Å². The molecule has 7 heteroatoms. The third-order valence-corrected chi connectivity index (χ3v) is 5.34. The number of aromatic nitrogens is 3. The highest BCUT2D eigenvalue weighted by molar-refractivity contribution is 7.71. The van der Waals surface area contributed by atoms with Gasteiger partial charge in [-0.05, 0) is 48.5 Å². The van der Waals surface area contributed by atoms with Crippen LogP contribution in [0, 0.1) is 4.77 Å². The Morgan fingerprint density at radius 2 is 2.08 bits per heavy atom. The lowest BCUT2D eigenvalue weighted by atomic mass is 10.2. The molecule has 2 heterocycles. The molecule has 2 aromatic carbocycles. The molecule has 0 bridgehead atoms. The summed E-state index contributed by atoms with van der Waals surface area (Å²) in [5.74, 6) is -0.254. The molecular formula is C19H16N4OS2. The van der Waals surface area contributed by atoms with Gasteiger partial charge >= 0.3 is 0 Å². The standard InChI is InChI=1S/C19H16N4OS2/c1-2-12-8-9-14-16(10-12)26-18(21-14)22-17(24)15-11-20-19(25)23(15)13-6-4-3-5-7-13/h3-11H,2H2,1H3,(H,20,25)(H,21,22,24). The van der Waals surface area contributed by atoms with Gasteiger partial charge in [0.25, 0.3) is 5.91 Å². The quantitative estimate of drug-likeness (QED) is 0.492. The molecule has 4 rings (SSSR count). The second kappa shape index (κ2) is 6.86. The van der Waals surface area contributed by atoms with Gasteiger partial charge in [0.2, 0.25) is 0 Å². The number of carbonyl (C=O) groups is 1. The highest BCUT2D eigenvalue weighted by Crippen LogP contribution is 2.27. The molecule has 0 radical (unpaired) electrons. The van der Waals surface area contributed by atoms with Crippen molar-refractivity contribution in [1.29, 1.82) is 0 Å². The third kappa shape index (κ3) is 3.07. The molecule has 130 valence electrons. The molecular weight excluding hydrogens is 364 g/mol. The summed E-state index contributed by atoms with van der Waals surface area (Å²) < 4.78 is 3.25. The normalized spacial score (nSPS) is 11.0. The molecule has 4 aromatic rings. The number of imidazole rings is 1. The largest absolute Gasteiger partial charge is 0.336 e. The molecule has 0 unspecified atom stereocenters. The monoisotopic (exact) mass is 380 g/mol. The van der Waals surface area contributed by atoms with Crippen LogP contribution in [0.15, 0.2) is 54.7 Å².